The summed E-state index contributed by atoms with van der Waals surface area (Å²) < 4.78 is 16.1. The highest BCUT2D eigenvalue weighted by atomic mass is 16.5. The molecule has 1 aromatic rings. The SMILES string of the molecule is COc1cc(C(=O)N2CCN(C[C@@H]3C[C@H]4C=C[C@@H]3C4)CC2)cc(OC)c1OC. The lowest BCUT2D eigenvalue weighted by molar-refractivity contribution is 0.0609. The standard InChI is InChI=1S/C22H30N2O4/c1-26-19-12-17(13-20(27-2)21(19)28-3)22(25)24-8-6-23(7-9-24)14-18-11-15-4-5-16(18)10-15/h4-5,12-13,15-16,18H,6-11,14H2,1-3H3/t15-,16+,18-/m0/s1. The van der Waals surface area contributed by atoms with Crippen LogP contribution in [0.5, 0.6) is 17.2 Å². The first kappa shape index (κ1) is 19.1. The van der Waals surface area contributed by atoms with Crippen molar-refractivity contribution in [2.24, 2.45) is 17.8 Å². The highest BCUT2D eigenvalue weighted by Gasteiger charge is 2.37. The van der Waals surface area contributed by atoms with Crippen molar-refractivity contribution in [1.29, 1.82) is 0 Å². The molecule has 0 spiro atoms. The molecule has 1 saturated heterocycles. The number of nitrogens with zero attached hydrogens (tertiary/aromatic N) is 2. The van der Waals surface area contributed by atoms with Gasteiger partial charge >= 0.3 is 0 Å². The molecule has 1 heterocycles. The first-order valence-electron chi connectivity index (χ1n) is 10.1. The molecule has 1 aromatic carbocycles. The first-order chi connectivity index (χ1) is 13.6. The number of allylic oxidation sites excluding steroid dienone is 2. The monoisotopic (exact) mass is 386 g/mol. The van der Waals surface area contributed by atoms with E-state index in [1.807, 2.05) is 4.90 Å². The Bertz CT molecular complexity index is 730. The molecular weight excluding hydrogens is 356 g/mol. The van der Waals surface area contributed by atoms with Crippen molar-refractivity contribution < 1.29 is 19.0 Å². The predicted octanol–water partition coefficient (Wildman–Crippen LogP) is 2.68. The van der Waals surface area contributed by atoms with Crippen molar-refractivity contribution in [3.8, 4) is 17.2 Å². The summed E-state index contributed by atoms with van der Waals surface area (Å²) in [6, 6.07) is 3.47. The van der Waals surface area contributed by atoms with E-state index < -0.39 is 0 Å². The van der Waals surface area contributed by atoms with Gasteiger partial charge in [-0.15, -0.1) is 0 Å². The van der Waals surface area contributed by atoms with Gasteiger partial charge in [0.25, 0.3) is 5.91 Å². The predicted molar refractivity (Wildman–Crippen MR) is 107 cm³/mol. The molecule has 1 amide bonds. The summed E-state index contributed by atoms with van der Waals surface area (Å²) in [5.41, 5.74) is 0.571. The van der Waals surface area contributed by atoms with Crippen LogP contribution in [0.15, 0.2) is 24.3 Å². The molecule has 0 unspecified atom stereocenters. The summed E-state index contributed by atoms with van der Waals surface area (Å²) in [6.07, 6.45) is 7.51. The average Bonchev–Trinajstić information content (AvgIpc) is 3.36. The molecule has 3 atom stereocenters. The number of carbonyl (C=O) groups is 1. The normalized spacial score (nSPS) is 26.5. The topological polar surface area (TPSA) is 51.2 Å². The van der Waals surface area contributed by atoms with Crippen molar-refractivity contribution in [2.45, 2.75) is 12.8 Å². The van der Waals surface area contributed by atoms with Gasteiger partial charge in [0, 0.05) is 38.3 Å². The number of carbonyl (C=O) groups excluding carboxylic acids is 1. The molecule has 152 valence electrons. The maximum absolute atomic E-state index is 13.0. The molecule has 3 aliphatic rings. The summed E-state index contributed by atoms with van der Waals surface area (Å²) in [7, 11) is 4.69. The van der Waals surface area contributed by atoms with Gasteiger partial charge in [-0.05, 0) is 42.7 Å². The van der Waals surface area contributed by atoms with E-state index in [-0.39, 0.29) is 5.91 Å². The minimum atomic E-state index is 0.0155. The third-order valence-corrected chi connectivity index (χ3v) is 6.48. The van der Waals surface area contributed by atoms with Gasteiger partial charge in [0.15, 0.2) is 11.5 Å². The van der Waals surface area contributed by atoms with Crippen LogP contribution in [0.3, 0.4) is 0 Å². The van der Waals surface area contributed by atoms with Crippen LogP contribution in [0.25, 0.3) is 0 Å². The number of hydrogen-bond donors (Lipinski definition) is 0. The van der Waals surface area contributed by atoms with E-state index in [0.29, 0.717) is 22.8 Å². The number of hydrogen-bond acceptors (Lipinski definition) is 5. The van der Waals surface area contributed by atoms with Crippen molar-refractivity contribution >= 4 is 5.91 Å². The summed E-state index contributed by atoms with van der Waals surface area (Å²) in [6.45, 7) is 4.55. The molecule has 2 aliphatic carbocycles. The number of rotatable bonds is 6. The van der Waals surface area contributed by atoms with Gasteiger partial charge in [0.1, 0.15) is 0 Å². The van der Waals surface area contributed by atoms with Crippen LogP contribution < -0.4 is 14.2 Å². The van der Waals surface area contributed by atoms with Crippen LogP contribution in [0.2, 0.25) is 0 Å². The minimum absolute atomic E-state index is 0.0155. The Labute approximate surface area is 167 Å². The Morgan fingerprint density at radius 3 is 2.14 bits per heavy atom. The highest BCUT2D eigenvalue weighted by molar-refractivity contribution is 5.95. The second-order valence-electron chi connectivity index (χ2n) is 8.05. The van der Waals surface area contributed by atoms with Crippen LogP contribution in [0, 0.1) is 17.8 Å². The number of benzene rings is 1. The maximum atomic E-state index is 13.0. The van der Waals surface area contributed by atoms with E-state index in [0.717, 1.165) is 50.5 Å². The zero-order chi connectivity index (χ0) is 19.7. The number of piperazine rings is 1. The molecule has 2 fully saturated rings. The third kappa shape index (κ3) is 3.58. The van der Waals surface area contributed by atoms with E-state index in [1.54, 1.807) is 33.5 Å². The van der Waals surface area contributed by atoms with Crippen LogP contribution >= 0.6 is 0 Å². The van der Waals surface area contributed by atoms with Crippen molar-refractivity contribution in [3.63, 3.8) is 0 Å². The Balaban J connectivity index is 1.38. The molecule has 0 N–H and O–H groups in total. The molecule has 0 aromatic heterocycles. The van der Waals surface area contributed by atoms with Crippen LogP contribution in [0.4, 0.5) is 0 Å². The van der Waals surface area contributed by atoms with Gasteiger partial charge in [0.2, 0.25) is 5.75 Å². The first-order valence-corrected chi connectivity index (χ1v) is 10.1. The summed E-state index contributed by atoms with van der Waals surface area (Å²) in [5, 5.41) is 0. The van der Waals surface area contributed by atoms with Crippen molar-refractivity contribution in [2.75, 3.05) is 54.1 Å². The Hall–Kier alpha value is -2.21. The van der Waals surface area contributed by atoms with Gasteiger partial charge < -0.3 is 19.1 Å². The molecule has 4 rings (SSSR count). The second-order valence-corrected chi connectivity index (χ2v) is 8.05. The van der Waals surface area contributed by atoms with E-state index in [1.165, 1.54) is 12.8 Å². The van der Waals surface area contributed by atoms with Crippen molar-refractivity contribution in [3.05, 3.63) is 29.8 Å². The molecule has 1 aliphatic heterocycles. The van der Waals surface area contributed by atoms with Gasteiger partial charge in [-0.2, -0.15) is 0 Å². The number of methoxy groups -OCH3 is 3. The summed E-state index contributed by atoms with van der Waals surface area (Å²) in [4.78, 5) is 17.5. The zero-order valence-electron chi connectivity index (χ0n) is 17.0. The minimum Gasteiger partial charge on any atom is -0.493 e. The van der Waals surface area contributed by atoms with Crippen LogP contribution in [0.1, 0.15) is 23.2 Å². The lowest BCUT2D eigenvalue weighted by Gasteiger charge is -2.37. The van der Waals surface area contributed by atoms with Gasteiger partial charge in [-0.3, -0.25) is 9.69 Å². The van der Waals surface area contributed by atoms with E-state index >= 15 is 0 Å². The highest BCUT2D eigenvalue weighted by Crippen LogP contribution is 2.43. The fourth-order valence-corrected chi connectivity index (χ4v) is 4.96. The van der Waals surface area contributed by atoms with Gasteiger partial charge in [-0.25, -0.2) is 0 Å². The quantitative estimate of drug-likeness (QED) is 0.704. The smallest absolute Gasteiger partial charge is 0.254 e. The Kier molecular flexibility index (Phi) is 5.49. The van der Waals surface area contributed by atoms with Gasteiger partial charge in [0.05, 0.1) is 21.3 Å². The van der Waals surface area contributed by atoms with Crippen LogP contribution in [-0.4, -0.2) is 69.8 Å². The second kappa shape index (κ2) is 8.03. The summed E-state index contributed by atoms with van der Waals surface area (Å²) in [5.74, 6) is 3.93. The fourth-order valence-electron chi connectivity index (χ4n) is 4.96. The fraction of sp³-hybridized carbons (Fsp3) is 0.591. The molecule has 2 bridgehead atoms. The van der Waals surface area contributed by atoms with E-state index in [4.69, 9.17) is 14.2 Å². The molecule has 6 nitrogen and oxygen atoms in total. The number of amides is 1. The maximum Gasteiger partial charge on any atom is 0.254 e. The Morgan fingerprint density at radius 1 is 0.964 bits per heavy atom. The number of fused-ring (bicyclic) bond motifs is 2. The number of ether oxygens (including phenoxy) is 3. The van der Waals surface area contributed by atoms with Crippen molar-refractivity contribution in [1.82, 2.24) is 9.80 Å². The Morgan fingerprint density at radius 2 is 1.64 bits per heavy atom. The van der Waals surface area contributed by atoms with Gasteiger partial charge in [-0.1, -0.05) is 12.2 Å². The van der Waals surface area contributed by atoms with E-state index in [9.17, 15) is 4.79 Å². The van der Waals surface area contributed by atoms with E-state index in [2.05, 4.69) is 17.1 Å². The lowest BCUT2D eigenvalue weighted by atomic mass is 9.93. The van der Waals surface area contributed by atoms with Crippen LogP contribution in [-0.2, 0) is 0 Å². The summed E-state index contributed by atoms with van der Waals surface area (Å²) >= 11 is 0. The zero-order valence-corrected chi connectivity index (χ0v) is 17.0. The lowest BCUT2D eigenvalue weighted by Crippen LogP contribution is -2.50. The molecule has 6 heteroatoms. The largest absolute Gasteiger partial charge is 0.493 e. The molecular formula is C22H30N2O4. The molecule has 28 heavy (non-hydrogen) atoms. The third-order valence-electron chi connectivity index (χ3n) is 6.48. The molecule has 1 saturated carbocycles. The average molecular weight is 386 g/mol. The molecule has 0 radical (unpaired) electrons.